The van der Waals surface area contributed by atoms with E-state index in [4.69, 9.17) is 4.74 Å². The van der Waals surface area contributed by atoms with Gasteiger partial charge in [0.25, 0.3) is 0 Å². The zero-order valence-electron chi connectivity index (χ0n) is 10.6. The largest absolute Gasteiger partial charge is 0.368 e. The Morgan fingerprint density at radius 1 is 1.56 bits per heavy atom. The molecule has 2 rings (SSSR count). The van der Waals surface area contributed by atoms with E-state index >= 15 is 0 Å². The third-order valence-corrected chi connectivity index (χ3v) is 3.01. The van der Waals surface area contributed by atoms with Gasteiger partial charge in [-0.05, 0) is 25.9 Å². The van der Waals surface area contributed by atoms with Crippen LogP contribution in [0.25, 0.3) is 0 Å². The van der Waals surface area contributed by atoms with Gasteiger partial charge in [0.1, 0.15) is 18.8 Å². The van der Waals surface area contributed by atoms with Crippen molar-refractivity contribution in [2.75, 3.05) is 26.7 Å². The van der Waals surface area contributed by atoms with E-state index in [0.29, 0.717) is 12.4 Å². The van der Waals surface area contributed by atoms with Gasteiger partial charge in [-0.3, -0.25) is 9.89 Å². The molecule has 1 aromatic heterocycles. The van der Waals surface area contributed by atoms with Crippen molar-refractivity contribution in [2.45, 2.75) is 25.5 Å². The van der Waals surface area contributed by atoms with Crippen LogP contribution in [0.4, 0.5) is 0 Å². The highest BCUT2D eigenvalue weighted by atomic mass is 16.5. The summed E-state index contributed by atoms with van der Waals surface area (Å²) in [7, 11) is 1.73. The molecular formula is C11H19N5O2. The van der Waals surface area contributed by atoms with Crippen molar-refractivity contribution in [3.8, 4) is 0 Å². The quantitative estimate of drug-likeness (QED) is 0.741. The monoisotopic (exact) mass is 253 g/mol. The first-order valence-corrected chi connectivity index (χ1v) is 6.16. The average molecular weight is 253 g/mol. The zero-order valence-corrected chi connectivity index (χ0v) is 10.6. The predicted molar refractivity (Wildman–Crippen MR) is 64.7 cm³/mol. The summed E-state index contributed by atoms with van der Waals surface area (Å²) in [5, 5.41) is 9.73. The first-order chi connectivity index (χ1) is 8.75. The molecule has 0 spiro atoms. The van der Waals surface area contributed by atoms with Gasteiger partial charge in [-0.25, -0.2) is 4.98 Å². The highest BCUT2D eigenvalue weighted by Gasteiger charge is 2.17. The van der Waals surface area contributed by atoms with E-state index in [2.05, 4.69) is 20.5 Å². The standard InChI is InChI=1S/C11H19N5O2/c1-16(6-10-13-8-14-15-10)11(17)7-18-9-2-4-12-5-3-9/h8-9,12H,2-7H2,1H3,(H,13,14,15). The Morgan fingerprint density at radius 2 is 2.33 bits per heavy atom. The van der Waals surface area contributed by atoms with E-state index in [1.165, 1.54) is 6.33 Å². The van der Waals surface area contributed by atoms with Crippen LogP contribution < -0.4 is 5.32 Å². The minimum absolute atomic E-state index is 0.0371. The molecule has 0 unspecified atom stereocenters. The maximum atomic E-state index is 11.8. The van der Waals surface area contributed by atoms with E-state index < -0.39 is 0 Å². The molecular weight excluding hydrogens is 234 g/mol. The van der Waals surface area contributed by atoms with Gasteiger partial charge >= 0.3 is 0 Å². The number of carbonyl (C=O) groups is 1. The van der Waals surface area contributed by atoms with Crippen molar-refractivity contribution >= 4 is 5.91 Å². The number of H-pyrrole nitrogens is 1. The first-order valence-electron chi connectivity index (χ1n) is 6.16. The molecule has 7 heteroatoms. The Balaban J connectivity index is 1.70. The molecule has 1 aliphatic heterocycles. The lowest BCUT2D eigenvalue weighted by molar-refractivity contribution is -0.138. The summed E-state index contributed by atoms with van der Waals surface area (Å²) in [4.78, 5) is 17.4. The molecule has 0 atom stereocenters. The second-order valence-electron chi connectivity index (χ2n) is 4.44. The molecule has 1 amide bonds. The van der Waals surface area contributed by atoms with Crippen LogP contribution in [-0.4, -0.2) is 58.8 Å². The molecule has 1 aliphatic rings. The number of nitrogens with one attached hydrogen (secondary N) is 2. The molecule has 1 aromatic rings. The molecule has 1 fully saturated rings. The summed E-state index contributed by atoms with van der Waals surface area (Å²) in [6.45, 7) is 2.49. The Labute approximate surface area is 106 Å². The van der Waals surface area contributed by atoms with Crippen molar-refractivity contribution in [3.63, 3.8) is 0 Å². The van der Waals surface area contributed by atoms with Gasteiger partial charge in [-0.1, -0.05) is 0 Å². The van der Waals surface area contributed by atoms with Crippen LogP contribution in [0.2, 0.25) is 0 Å². The van der Waals surface area contributed by atoms with E-state index in [9.17, 15) is 4.79 Å². The van der Waals surface area contributed by atoms with Crippen molar-refractivity contribution < 1.29 is 9.53 Å². The van der Waals surface area contributed by atoms with Crippen molar-refractivity contribution in [3.05, 3.63) is 12.2 Å². The molecule has 0 radical (unpaired) electrons. The summed E-state index contributed by atoms with van der Waals surface area (Å²) in [5.41, 5.74) is 0. The zero-order chi connectivity index (χ0) is 12.8. The van der Waals surface area contributed by atoms with Crippen LogP contribution in [0, 0.1) is 0 Å². The Bertz CT molecular complexity index is 362. The van der Waals surface area contributed by atoms with Gasteiger partial charge in [-0.15, -0.1) is 0 Å². The molecule has 2 heterocycles. The van der Waals surface area contributed by atoms with E-state index in [1.54, 1.807) is 11.9 Å². The molecule has 2 N–H and O–H groups in total. The van der Waals surface area contributed by atoms with Crippen LogP contribution in [0.15, 0.2) is 6.33 Å². The molecule has 100 valence electrons. The molecule has 0 aliphatic carbocycles. The molecule has 1 saturated heterocycles. The molecule has 7 nitrogen and oxygen atoms in total. The van der Waals surface area contributed by atoms with Crippen LogP contribution in [0.3, 0.4) is 0 Å². The number of nitrogens with zero attached hydrogens (tertiary/aromatic N) is 3. The summed E-state index contributed by atoms with van der Waals surface area (Å²) in [6.07, 6.45) is 3.58. The number of hydrogen-bond acceptors (Lipinski definition) is 5. The number of aromatic nitrogens is 3. The molecule has 0 saturated carbocycles. The number of rotatable bonds is 5. The number of ether oxygens (including phenoxy) is 1. The fraction of sp³-hybridized carbons (Fsp3) is 0.727. The van der Waals surface area contributed by atoms with Crippen LogP contribution in [0.1, 0.15) is 18.7 Å². The third kappa shape index (κ3) is 3.78. The molecule has 0 bridgehead atoms. The van der Waals surface area contributed by atoms with E-state index in [1.807, 2.05) is 0 Å². The smallest absolute Gasteiger partial charge is 0.248 e. The Kier molecular flexibility index (Phi) is 4.66. The number of hydrogen-bond donors (Lipinski definition) is 2. The molecule has 18 heavy (non-hydrogen) atoms. The highest BCUT2D eigenvalue weighted by molar-refractivity contribution is 5.77. The molecule has 0 aromatic carbocycles. The maximum Gasteiger partial charge on any atom is 0.248 e. The van der Waals surface area contributed by atoms with E-state index in [-0.39, 0.29) is 18.6 Å². The normalized spacial score (nSPS) is 16.7. The third-order valence-electron chi connectivity index (χ3n) is 3.01. The number of piperidine rings is 1. The maximum absolute atomic E-state index is 11.8. The summed E-state index contributed by atoms with van der Waals surface area (Å²) >= 11 is 0. The highest BCUT2D eigenvalue weighted by Crippen LogP contribution is 2.07. The minimum Gasteiger partial charge on any atom is -0.368 e. The summed E-state index contributed by atoms with van der Waals surface area (Å²) in [5.74, 6) is 0.637. The van der Waals surface area contributed by atoms with Gasteiger partial charge in [0, 0.05) is 7.05 Å². The fourth-order valence-electron chi connectivity index (χ4n) is 1.88. The summed E-state index contributed by atoms with van der Waals surface area (Å²) in [6, 6.07) is 0. The van der Waals surface area contributed by atoms with Crippen molar-refractivity contribution in [1.82, 2.24) is 25.4 Å². The van der Waals surface area contributed by atoms with E-state index in [0.717, 1.165) is 25.9 Å². The van der Waals surface area contributed by atoms with Crippen LogP contribution in [-0.2, 0) is 16.1 Å². The minimum atomic E-state index is -0.0371. The number of likely N-dealkylation sites (N-methyl/N-ethyl adjacent to an activating group) is 1. The van der Waals surface area contributed by atoms with Gasteiger partial charge in [0.05, 0.1) is 12.6 Å². The first kappa shape index (κ1) is 13.0. The van der Waals surface area contributed by atoms with Crippen molar-refractivity contribution in [2.24, 2.45) is 0 Å². The topological polar surface area (TPSA) is 83.1 Å². The lowest BCUT2D eigenvalue weighted by Gasteiger charge is -2.24. The average Bonchev–Trinajstić information content (AvgIpc) is 2.90. The SMILES string of the molecule is CN(Cc1ncn[nH]1)C(=O)COC1CCNCC1. The van der Waals surface area contributed by atoms with Gasteiger partial charge in [-0.2, -0.15) is 5.10 Å². The summed E-state index contributed by atoms with van der Waals surface area (Å²) < 4.78 is 5.61. The second kappa shape index (κ2) is 6.46. The lowest BCUT2D eigenvalue weighted by atomic mass is 10.1. The predicted octanol–water partition coefficient (Wildman–Crippen LogP) is -0.468. The van der Waals surface area contributed by atoms with Gasteiger partial charge in [0.2, 0.25) is 5.91 Å². The Hall–Kier alpha value is -1.47. The van der Waals surface area contributed by atoms with Crippen LogP contribution in [0.5, 0.6) is 0 Å². The van der Waals surface area contributed by atoms with Gasteiger partial charge < -0.3 is 15.0 Å². The number of aromatic amines is 1. The fourth-order valence-corrected chi connectivity index (χ4v) is 1.88. The lowest BCUT2D eigenvalue weighted by Crippen LogP contribution is -2.36. The Morgan fingerprint density at radius 3 is 3.00 bits per heavy atom. The van der Waals surface area contributed by atoms with Gasteiger partial charge in [0.15, 0.2) is 0 Å². The number of amides is 1. The van der Waals surface area contributed by atoms with Crippen LogP contribution >= 0.6 is 0 Å². The van der Waals surface area contributed by atoms with Crippen molar-refractivity contribution in [1.29, 1.82) is 0 Å². The number of carbonyl (C=O) groups excluding carboxylic acids is 1. The second-order valence-corrected chi connectivity index (χ2v) is 4.44.